The molecule has 0 aromatic heterocycles. The van der Waals surface area contributed by atoms with Crippen LogP contribution in [0.2, 0.25) is 10.0 Å². The van der Waals surface area contributed by atoms with Crippen LogP contribution in [-0.2, 0) is 4.79 Å². The zero-order valence-corrected chi connectivity index (χ0v) is 13.1. The van der Waals surface area contributed by atoms with Crippen LogP contribution < -0.4 is 10.2 Å². The van der Waals surface area contributed by atoms with Gasteiger partial charge in [-0.25, -0.2) is 9.69 Å². The van der Waals surface area contributed by atoms with Gasteiger partial charge in [0.25, 0.3) is 5.91 Å². The van der Waals surface area contributed by atoms with Gasteiger partial charge in [-0.05, 0) is 48.0 Å². The normalized spacial score (nSPS) is 16.1. The van der Waals surface area contributed by atoms with E-state index in [1.165, 1.54) is 18.2 Å². The Morgan fingerprint density at radius 3 is 2.39 bits per heavy atom. The molecule has 0 radical (unpaired) electrons. The van der Waals surface area contributed by atoms with Crippen molar-refractivity contribution in [1.29, 1.82) is 0 Å². The lowest BCUT2D eigenvalue weighted by Gasteiger charge is -2.11. The quantitative estimate of drug-likeness (QED) is 0.640. The maximum absolute atomic E-state index is 12.4. The summed E-state index contributed by atoms with van der Waals surface area (Å²) in [5, 5.41) is 12.6. The third kappa shape index (κ3) is 3.02. The van der Waals surface area contributed by atoms with Gasteiger partial charge in [-0.15, -0.1) is 0 Å². The summed E-state index contributed by atoms with van der Waals surface area (Å²) in [4.78, 5) is 25.5. The number of imide groups is 1. The van der Waals surface area contributed by atoms with E-state index in [4.69, 9.17) is 23.2 Å². The molecule has 23 heavy (non-hydrogen) atoms. The van der Waals surface area contributed by atoms with Gasteiger partial charge in [0.05, 0.1) is 10.7 Å². The van der Waals surface area contributed by atoms with Crippen molar-refractivity contribution in [3.8, 4) is 5.75 Å². The highest BCUT2D eigenvalue weighted by molar-refractivity contribution is 6.32. The van der Waals surface area contributed by atoms with Gasteiger partial charge in [0.1, 0.15) is 11.4 Å². The number of nitrogens with one attached hydrogen (secondary N) is 1. The fourth-order valence-electron chi connectivity index (χ4n) is 2.14. The molecule has 0 bridgehead atoms. The summed E-state index contributed by atoms with van der Waals surface area (Å²) >= 11 is 11.6. The number of hydrogen-bond donors (Lipinski definition) is 2. The van der Waals surface area contributed by atoms with Gasteiger partial charge in [0, 0.05) is 5.02 Å². The molecule has 116 valence electrons. The van der Waals surface area contributed by atoms with Gasteiger partial charge in [-0.1, -0.05) is 29.3 Å². The predicted octanol–water partition coefficient (Wildman–Crippen LogP) is 3.80. The van der Waals surface area contributed by atoms with Gasteiger partial charge in [0.2, 0.25) is 0 Å². The molecule has 1 heterocycles. The molecule has 1 aliphatic heterocycles. The first-order chi connectivity index (χ1) is 11.0. The lowest BCUT2D eigenvalue weighted by Crippen LogP contribution is -2.30. The average molecular weight is 349 g/mol. The molecular weight excluding hydrogens is 339 g/mol. The van der Waals surface area contributed by atoms with E-state index < -0.39 is 11.9 Å². The molecule has 0 saturated carbocycles. The Kier molecular flexibility index (Phi) is 3.98. The molecule has 3 rings (SSSR count). The number of carbonyl (C=O) groups excluding carboxylic acids is 2. The molecule has 1 aliphatic rings. The summed E-state index contributed by atoms with van der Waals surface area (Å²) in [6.07, 6.45) is 1.49. The van der Waals surface area contributed by atoms with Crippen molar-refractivity contribution in [2.45, 2.75) is 0 Å². The van der Waals surface area contributed by atoms with Crippen LogP contribution in [0.25, 0.3) is 6.08 Å². The zero-order valence-electron chi connectivity index (χ0n) is 11.6. The van der Waals surface area contributed by atoms with E-state index in [1.54, 1.807) is 30.3 Å². The Hall–Kier alpha value is -2.50. The summed E-state index contributed by atoms with van der Waals surface area (Å²) in [5.74, 6) is -0.542. The number of amides is 3. The van der Waals surface area contributed by atoms with E-state index in [0.29, 0.717) is 16.3 Å². The summed E-state index contributed by atoms with van der Waals surface area (Å²) < 4.78 is 0. The van der Waals surface area contributed by atoms with Crippen molar-refractivity contribution in [2.24, 2.45) is 0 Å². The highest BCUT2D eigenvalue weighted by Crippen LogP contribution is 2.27. The van der Waals surface area contributed by atoms with Crippen LogP contribution in [0.1, 0.15) is 5.56 Å². The van der Waals surface area contributed by atoms with E-state index in [-0.39, 0.29) is 16.5 Å². The first kappa shape index (κ1) is 15.4. The molecule has 2 aromatic rings. The minimum atomic E-state index is -0.548. The minimum Gasteiger partial charge on any atom is -0.506 e. The number of rotatable bonds is 2. The van der Waals surface area contributed by atoms with E-state index in [9.17, 15) is 14.7 Å². The summed E-state index contributed by atoms with van der Waals surface area (Å²) in [6, 6.07) is 10.3. The smallest absolute Gasteiger partial charge is 0.333 e. The van der Waals surface area contributed by atoms with Crippen LogP contribution in [0.15, 0.2) is 48.2 Å². The van der Waals surface area contributed by atoms with Crippen LogP contribution in [0.4, 0.5) is 10.5 Å². The van der Waals surface area contributed by atoms with E-state index in [2.05, 4.69) is 5.32 Å². The Balaban J connectivity index is 1.92. The predicted molar refractivity (Wildman–Crippen MR) is 88.6 cm³/mol. The molecule has 3 amide bonds. The standard InChI is InChI=1S/C16H10Cl2N2O3/c17-10-2-4-11(5-3-10)20-15(22)13(19-16(20)23)8-9-1-6-14(21)12(18)7-9/h1-8,21H,(H,19,23)/b13-8-. The van der Waals surface area contributed by atoms with Gasteiger partial charge in [0.15, 0.2) is 0 Å². The zero-order chi connectivity index (χ0) is 16.6. The minimum absolute atomic E-state index is 0.0570. The van der Waals surface area contributed by atoms with Crippen LogP contribution in [0, 0.1) is 0 Å². The summed E-state index contributed by atoms with van der Waals surface area (Å²) in [6.45, 7) is 0. The number of carbonyl (C=O) groups is 2. The molecule has 2 N–H and O–H groups in total. The molecule has 1 fully saturated rings. The van der Waals surface area contributed by atoms with Crippen LogP contribution in [0.3, 0.4) is 0 Å². The van der Waals surface area contributed by atoms with Gasteiger partial charge < -0.3 is 10.4 Å². The number of phenolic OH excluding ortho intramolecular Hbond substituents is 1. The average Bonchev–Trinajstić information content (AvgIpc) is 2.79. The third-order valence-electron chi connectivity index (χ3n) is 3.25. The second-order valence-electron chi connectivity index (χ2n) is 4.82. The molecular formula is C16H10Cl2N2O3. The Morgan fingerprint density at radius 1 is 1.04 bits per heavy atom. The van der Waals surface area contributed by atoms with E-state index in [0.717, 1.165) is 4.90 Å². The van der Waals surface area contributed by atoms with Crippen LogP contribution in [0.5, 0.6) is 5.75 Å². The molecule has 0 aliphatic carbocycles. The van der Waals surface area contributed by atoms with Crippen molar-refractivity contribution in [2.75, 3.05) is 4.90 Å². The van der Waals surface area contributed by atoms with Gasteiger partial charge >= 0.3 is 6.03 Å². The van der Waals surface area contributed by atoms with Gasteiger partial charge in [-0.3, -0.25) is 4.79 Å². The summed E-state index contributed by atoms with van der Waals surface area (Å²) in [5.41, 5.74) is 1.12. The first-order valence-corrected chi connectivity index (χ1v) is 7.32. The molecule has 1 saturated heterocycles. The number of hydrogen-bond acceptors (Lipinski definition) is 3. The Bertz CT molecular complexity index is 832. The molecule has 7 heteroatoms. The number of anilines is 1. The topological polar surface area (TPSA) is 69.6 Å². The summed E-state index contributed by atoms with van der Waals surface area (Å²) in [7, 11) is 0. The first-order valence-electron chi connectivity index (χ1n) is 6.57. The largest absolute Gasteiger partial charge is 0.506 e. The molecule has 0 spiro atoms. The lowest BCUT2D eigenvalue weighted by molar-refractivity contribution is -0.113. The van der Waals surface area contributed by atoms with Crippen molar-refractivity contribution >= 4 is 46.9 Å². The second-order valence-corrected chi connectivity index (χ2v) is 5.66. The molecule has 5 nitrogen and oxygen atoms in total. The van der Waals surface area contributed by atoms with E-state index >= 15 is 0 Å². The number of benzene rings is 2. The lowest BCUT2D eigenvalue weighted by atomic mass is 10.2. The van der Waals surface area contributed by atoms with Crippen LogP contribution in [-0.4, -0.2) is 17.0 Å². The van der Waals surface area contributed by atoms with Crippen molar-refractivity contribution in [3.05, 3.63) is 63.8 Å². The second kappa shape index (κ2) is 5.95. The number of urea groups is 1. The van der Waals surface area contributed by atoms with Crippen molar-refractivity contribution in [3.63, 3.8) is 0 Å². The number of halogens is 2. The third-order valence-corrected chi connectivity index (χ3v) is 3.80. The molecule has 0 unspecified atom stereocenters. The number of aromatic hydroxyl groups is 1. The van der Waals surface area contributed by atoms with Gasteiger partial charge in [-0.2, -0.15) is 0 Å². The fourth-order valence-corrected chi connectivity index (χ4v) is 2.45. The Labute approximate surface area is 141 Å². The van der Waals surface area contributed by atoms with Crippen molar-refractivity contribution < 1.29 is 14.7 Å². The maximum atomic E-state index is 12.4. The SMILES string of the molecule is O=C1N/C(=C\c2ccc(O)c(Cl)c2)C(=O)N1c1ccc(Cl)cc1. The maximum Gasteiger partial charge on any atom is 0.333 e. The number of phenols is 1. The molecule has 0 atom stereocenters. The Morgan fingerprint density at radius 2 is 1.74 bits per heavy atom. The monoisotopic (exact) mass is 348 g/mol. The molecule has 2 aromatic carbocycles. The highest BCUT2D eigenvalue weighted by Gasteiger charge is 2.34. The number of nitrogens with zero attached hydrogens (tertiary/aromatic N) is 1. The van der Waals surface area contributed by atoms with E-state index in [1.807, 2.05) is 0 Å². The van der Waals surface area contributed by atoms with Crippen LogP contribution >= 0.6 is 23.2 Å². The van der Waals surface area contributed by atoms with Crippen molar-refractivity contribution in [1.82, 2.24) is 5.32 Å². The highest BCUT2D eigenvalue weighted by atomic mass is 35.5. The fraction of sp³-hybridized carbons (Fsp3) is 0.